The van der Waals surface area contributed by atoms with Gasteiger partial charge in [0.2, 0.25) is 5.13 Å². The molecule has 4 rings (SSSR count). The number of nitrogens with zero attached hydrogens (tertiary/aromatic N) is 3. The fourth-order valence-electron chi connectivity index (χ4n) is 3.09. The molecule has 4 aromatic rings. The monoisotopic (exact) mass is 392 g/mol. The van der Waals surface area contributed by atoms with Crippen LogP contribution in [0.1, 0.15) is 5.56 Å². The van der Waals surface area contributed by atoms with E-state index in [1.54, 1.807) is 14.2 Å². The molecule has 0 aliphatic rings. The Morgan fingerprint density at radius 2 is 1.93 bits per heavy atom. The van der Waals surface area contributed by atoms with Gasteiger partial charge in [-0.05, 0) is 24.3 Å². The van der Waals surface area contributed by atoms with Gasteiger partial charge < -0.3 is 14.0 Å². The average molecular weight is 392 g/mol. The van der Waals surface area contributed by atoms with E-state index in [1.165, 1.54) is 22.2 Å². The summed E-state index contributed by atoms with van der Waals surface area (Å²) in [7, 11) is 5.28. The van der Waals surface area contributed by atoms with Gasteiger partial charge in [-0.2, -0.15) is 5.10 Å². The van der Waals surface area contributed by atoms with Gasteiger partial charge in [-0.15, -0.1) is 11.3 Å². The Morgan fingerprint density at radius 3 is 2.75 bits per heavy atom. The van der Waals surface area contributed by atoms with Gasteiger partial charge in [0.1, 0.15) is 0 Å². The molecule has 0 aliphatic heterocycles. The van der Waals surface area contributed by atoms with E-state index in [9.17, 15) is 0 Å². The first-order chi connectivity index (χ1) is 13.7. The van der Waals surface area contributed by atoms with Crippen molar-refractivity contribution in [3.8, 4) is 22.8 Å². The largest absolute Gasteiger partial charge is 0.493 e. The molecule has 0 bridgehead atoms. The number of hydrogen-bond acceptors (Lipinski definition) is 6. The summed E-state index contributed by atoms with van der Waals surface area (Å²) in [6, 6.07) is 14.0. The molecule has 7 heteroatoms. The minimum atomic E-state index is 0.677. The van der Waals surface area contributed by atoms with Gasteiger partial charge in [0.25, 0.3) is 0 Å². The van der Waals surface area contributed by atoms with Gasteiger partial charge in [-0.25, -0.2) is 4.98 Å². The first kappa shape index (κ1) is 18.1. The first-order valence-electron chi connectivity index (χ1n) is 8.70. The number of rotatable bonds is 6. The number of benzene rings is 2. The number of hydrogen-bond donors (Lipinski definition) is 1. The maximum atomic E-state index is 5.37. The SMILES string of the molecule is COc1ccc(-c2csc(N/N=C\c3cn(C)c4ccccc34)n2)cc1OC. The number of para-hydroxylation sites is 1. The third-order valence-corrected chi connectivity index (χ3v) is 5.22. The van der Waals surface area contributed by atoms with Gasteiger partial charge in [0.15, 0.2) is 11.5 Å². The minimum Gasteiger partial charge on any atom is -0.493 e. The lowest BCUT2D eigenvalue weighted by Crippen LogP contribution is -1.92. The molecule has 0 unspecified atom stereocenters. The third-order valence-electron chi connectivity index (χ3n) is 4.48. The fourth-order valence-corrected chi connectivity index (χ4v) is 3.75. The predicted molar refractivity (Wildman–Crippen MR) is 115 cm³/mol. The van der Waals surface area contributed by atoms with Gasteiger partial charge in [-0.3, -0.25) is 5.43 Å². The second-order valence-electron chi connectivity index (χ2n) is 6.19. The van der Waals surface area contributed by atoms with E-state index >= 15 is 0 Å². The molecule has 0 aliphatic carbocycles. The molecular formula is C21H20N4O2S. The van der Waals surface area contributed by atoms with Gasteiger partial charge in [0, 0.05) is 40.7 Å². The van der Waals surface area contributed by atoms with Crippen molar-refractivity contribution in [1.82, 2.24) is 9.55 Å². The molecule has 2 aromatic heterocycles. The standard InChI is InChI=1S/C21H20N4O2S/c1-25-12-15(16-6-4-5-7-18(16)25)11-22-24-21-23-17(13-28-21)14-8-9-19(26-2)20(10-14)27-3/h4-13H,1-3H3,(H,23,24)/b22-11-. The van der Waals surface area contributed by atoms with Crippen LogP contribution in [0.5, 0.6) is 11.5 Å². The normalized spacial score (nSPS) is 11.2. The van der Waals surface area contributed by atoms with Crippen LogP contribution in [0.4, 0.5) is 5.13 Å². The van der Waals surface area contributed by atoms with E-state index < -0.39 is 0 Å². The Kier molecular flexibility index (Phi) is 4.99. The highest BCUT2D eigenvalue weighted by molar-refractivity contribution is 7.14. The Labute approximate surface area is 167 Å². The van der Waals surface area contributed by atoms with Crippen LogP contribution >= 0.6 is 11.3 Å². The second-order valence-corrected chi connectivity index (χ2v) is 7.05. The quantitative estimate of drug-likeness (QED) is 0.379. The van der Waals surface area contributed by atoms with Crippen molar-refractivity contribution in [3.63, 3.8) is 0 Å². The molecule has 0 amide bonds. The molecule has 0 saturated heterocycles. The molecule has 28 heavy (non-hydrogen) atoms. The van der Waals surface area contributed by atoms with Gasteiger partial charge >= 0.3 is 0 Å². The molecule has 142 valence electrons. The topological polar surface area (TPSA) is 60.7 Å². The Hall–Kier alpha value is -3.32. The lowest BCUT2D eigenvalue weighted by molar-refractivity contribution is 0.355. The van der Waals surface area contributed by atoms with Crippen LogP contribution in [0.3, 0.4) is 0 Å². The number of aromatic nitrogens is 2. The molecule has 0 spiro atoms. The lowest BCUT2D eigenvalue weighted by atomic mass is 10.1. The number of fused-ring (bicyclic) bond motifs is 1. The van der Waals surface area contributed by atoms with Crippen LogP contribution in [-0.2, 0) is 7.05 Å². The van der Waals surface area contributed by atoms with E-state index in [4.69, 9.17) is 9.47 Å². The second kappa shape index (κ2) is 7.74. The summed E-state index contributed by atoms with van der Waals surface area (Å²) < 4.78 is 12.7. The van der Waals surface area contributed by atoms with E-state index in [0.29, 0.717) is 11.5 Å². The van der Waals surface area contributed by atoms with Crippen molar-refractivity contribution in [2.75, 3.05) is 19.6 Å². The molecule has 0 saturated carbocycles. The van der Waals surface area contributed by atoms with Crippen LogP contribution < -0.4 is 14.9 Å². The van der Waals surface area contributed by atoms with Crippen molar-refractivity contribution in [3.05, 3.63) is 59.6 Å². The van der Waals surface area contributed by atoms with E-state index in [0.717, 1.165) is 22.0 Å². The van der Waals surface area contributed by atoms with Crippen molar-refractivity contribution >= 4 is 33.6 Å². The maximum absolute atomic E-state index is 5.37. The summed E-state index contributed by atoms with van der Waals surface area (Å²) >= 11 is 1.50. The molecule has 6 nitrogen and oxygen atoms in total. The number of nitrogens with one attached hydrogen (secondary N) is 1. The zero-order valence-electron chi connectivity index (χ0n) is 15.8. The van der Waals surface area contributed by atoms with Crippen molar-refractivity contribution in [2.45, 2.75) is 0 Å². The Balaban J connectivity index is 1.51. The number of hydrazone groups is 1. The van der Waals surface area contributed by atoms with Crippen molar-refractivity contribution < 1.29 is 9.47 Å². The smallest absolute Gasteiger partial charge is 0.203 e. The van der Waals surface area contributed by atoms with E-state index in [1.807, 2.05) is 49.0 Å². The van der Waals surface area contributed by atoms with Gasteiger partial charge in [-0.1, -0.05) is 18.2 Å². The predicted octanol–water partition coefficient (Wildman–Crippen LogP) is 4.77. The molecule has 0 radical (unpaired) electrons. The summed E-state index contributed by atoms with van der Waals surface area (Å²) in [4.78, 5) is 4.60. The number of aryl methyl sites for hydroxylation is 1. The molecule has 2 aromatic carbocycles. The number of thiazole rings is 1. The summed E-state index contributed by atoms with van der Waals surface area (Å²) in [6.45, 7) is 0. The molecule has 1 N–H and O–H groups in total. The highest BCUT2D eigenvalue weighted by atomic mass is 32.1. The van der Waals surface area contributed by atoms with Crippen LogP contribution in [0.25, 0.3) is 22.2 Å². The summed E-state index contributed by atoms with van der Waals surface area (Å²) in [5.74, 6) is 1.37. The van der Waals surface area contributed by atoms with Crippen LogP contribution in [0, 0.1) is 0 Å². The summed E-state index contributed by atoms with van der Waals surface area (Å²) in [5, 5.41) is 8.23. The van der Waals surface area contributed by atoms with E-state index in [-0.39, 0.29) is 0 Å². The van der Waals surface area contributed by atoms with Crippen molar-refractivity contribution in [2.24, 2.45) is 12.1 Å². The number of methoxy groups -OCH3 is 2. The summed E-state index contributed by atoms with van der Waals surface area (Å²) in [5.41, 5.74) is 7.07. The van der Waals surface area contributed by atoms with Gasteiger partial charge in [0.05, 0.1) is 26.1 Å². The zero-order chi connectivity index (χ0) is 19.5. The number of anilines is 1. The highest BCUT2D eigenvalue weighted by Crippen LogP contribution is 2.33. The molecule has 2 heterocycles. The molecule has 0 fully saturated rings. The zero-order valence-corrected chi connectivity index (χ0v) is 16.7. The maximum Gasteiger partial charge on any atom is 0.203 e. The summed E-state index contributed by atoms with van der Waals surface area (Å²) in [6.07, 6.45) is 3.88. The molecule has 0 atom stereocenters. The fraction of sp³-hybridized carbons (Fsp3) is 0.143. The van der Waals surface area contributed by atoms with Crippen molar-refractivity contribution in [1.29, 1.82) is 0 Å². The minimum absolute atomic E-state index is 0.677. The van der Waals surface area contributed by atoms with E-state index in [2.05, 4.69) is 38.4 Å². The third kappa shape index (κ3) is 3.44. The first-order valence-corrected chi connectivity index (χ1v) is 9.58. The Bertz CT molecular complexity index is 1150. The Morgan fingerprint density at radius 1 is 1.11 bits per heavy atom. The van der Waals surface area contributed by atoms with Crippen LogP contribution in [0.2, 0.25) is 0 Å². The number of ether oxygens (including phenoxy) is 2. The highest BCUT2D eigenvalue weighted by Gasteiger charge is 2.09. The van der Waals surface area contributed by atoms with Crippen LogP contribution in [0.15, 0.2) is 59.1 Å². The molecular weight excluding hydrogens is 372 g/mol. The van der Waals surface area contributed by atoms with Crippen LogP contribution in [-0.4, -0.2) is 30.0 Å². The average Bonchev–Trinajstić information content (AvgIpc) is 3.33. The lowest BCUT2D eigenvalue weighted by Gasteiger charge is -2.08.